The van der Waals surface area contributed by atoms with Gasteiger partial charge in [-0.15, -0.1) is 0 Å². The van der Waals surface area contributed by atoms with Crippen molar-refractivity contribution in [1.82, 2.24) is 9.97 Å². The van der Waals surface area contributed by atoms with Gasteiger partial charge >= 0.3 is 0 Å². The molecule has 0 unspecified atom stereocenters. The number of aromatic nitrogens is 2. The van der Waals surface area contributed by atoms with E-state index < -0.39 is 11.6 Å². The van der Waals surface area contributed by atoms with E-state index >= 15 is 0 Å². The lowest BCUT2D eigenvalue weighted by molar-refractivity contribution is 0.291. The average molecular weight is 388 g/mol. The Hall–Kier alpha value is -3.24. The fourth-order valence-corrected chi connectivity index (χ4v) is 2.34. The minimum absolute atomic E-state index is 0.0728. The largest absolute Gasteiger partial charge is 0.472 e. The van der Waals surface area contributed by atoms with Gasteiger partial charge in [-0.25, -0.2) is 13.8 Å². The Labute approximate surface area is 158 Å². The van der Waals surface area contributed by atoms with Crippen LogP contribution in [0.3, 0.4) is 0 Å². The van der Waals surface area contributed by atoms with Crippen molar-refractivity contribution in [1.29, 1.82) is 5.26 Å². The van der Waals surface area contributed by atoms with Crippen molar-refractivity contribution >= 4 is 11.6 Å². The van der Waals surface area contributed by atoms with E-state index in [0.29, 0.717) is 11.4 Å². The van der Waals surface area contributed by atoms with Crippen LogP contribution in [0.15, 0.2) is 42.6 Å². The molecule has 0 atom stereocenters. The van der Waals surface area contributed by atoms with Crippen molar-refractivity contribution < 1.29 is 18.3 Å². The number of benzene rings is 2. The molecule has 136 valence electrons. The molecule has 0 N–H and O–H groups in total. The van der Waals surface area contributed by atoms with Crippen LogP contribution in [0.25, 0.3) is 0 Å². The molecule has 0 aliphatic heterocycles. The lowest BCUT2D eigenvalue weighted by Crippen LogP contribution is -2.01. The summed E-state index contributed by atoms with van der Waals surface area (Å²) in [6, 6.07) is 9.97. The highest BCUT2D eigenvalue weighted by molar-refractivity contribution is 6.28. The molecule has 27 heavy (non-hydrogen) atoms. The van der Waals surface area contributed by atoms with Gasteiger partial charge in [0.2, 0.25) is 11.2 Å². The van der Waals surface area contributed by atoms with Gasteiger partial charge in [0.05, 0.1) is 5.56 Å². The number of nitrogens with zero attached hydrogens (tertiary/aromatic N) is 3. The van der Waals surface area contributed by atoms with E-state index in [2.05, 4.69) is 9.97 Å². The van der Waals surface area contributed by atoms with E-state index in [4.69, 9.17) is 21.1 Å². The Morgan fingerprint density at radius 1 is 1.15 bits per heavy atom. The van der Waals surface area contributed by atoms with Crippen LogP contribution in [0.1, 0.15) is 16.7 Å². The normalized spacial score (nSPS) is 10.3. The van der Waals surface area contributed by atoms with Crippen molar-refractivity contribution in [2.75, 3.05) is 0 Å². The Kier molecular flexibility index (Phi) is 5.48. The van der Waals surface area contributed by atoms with Gasteiger partial charge in [-0.3, -0.25) is 0 Å². The molecule has 8 heteroatoms. The molecular formula is C19H12ClF2N3O2. The first-order chi connectivity index (χ1) is 13.0. The van der Waals surface area contributed by atoms with E-state index in [1.54, 1.807) is 31.3 Å². The number of hydrogen-bond donors (Lipinski definition) is 0. The summed E-state index contributed by atoms with van der Waals surface area (Å²) in [5, 5.41) is 9.42. The third-order valence-electron chi connectivity index (χ3n) is 3.55. The number of halogens is 3. The van der Waals surface area contributed by atoms with Crippen LogP contribution in [0, 0.1) is 29.9 Å². The number of rotatable bonds is 5. The lowest BCUT2D eigenvalue weighted by Gasteiger charge is -2.11. The summed E-state index contributed by atoms with van der Waals surface area (Å²) in [4.78, 5) is 7.84. The molecule has 0 spiro atoms. The van der Waals surface area contributed by atoms with E-state index in [9.17, 15) is 14.0 Å². The monoisotopic (exact) mass is 387 g/mol. The third kappa shape index (κ3) is 4.49. The van der Waals surface area contributed by atoms with Crippen LogP contribution in [0.4, 0.5) is 8.78 Å². The number of aryl methyl sites for hydroxylation is 1. The van der Waals surface area contributed by atoms with Gasteiger partial charge in [-0.1, -0.05) is 6.07 Å². The summed E-state index contributed by atoms with van der Waals surface area (Å²) in [6.07, 6.45) is 1.55. The fourth-order valence-electron chi connectivity index (χ4n) is 2.21. The molecule has 3 rings (SSSR count). The average Bonchev–Trinajstić information content (AvgIpc) is 2.66. The van der Waals surface area contributed by atoms with Crippen molar-refractivity contribution in [3.05, 3.63) is 76.2 Å². The number of nitriles is 1. The summed E-state index contributed by atoms with van der Waals surface area (Å²) < 4.78 is 37.4. The molecule has 3 aromatic rings. The highest BCUT2D eigenvalue weighted by Crippen LogP contribution is 2.27. The fraction of sp³-hybridized carbons (Fsp3) is 0.105. The lowest BCUT2D eigenvalue weighted by atomic mass is 10.1. The zero-order valence-corrected chi connectivity index (χ0v) is 14.8. The summed E-state index contributed by atoms with van der Waals surface area (Å²) in [7, 11) is 0. The second-order valence-electron chi connectivity index (χ2n) is 5.54. The van der Waals surface area contributed by atoms with Crippen LogP contribution >= 0.6 is 11.6 Å². The first kappa shape index (κ1) is 18.5. The Morgan fingerprint density at radius 3 is 2.70 bits per heavy atom. The van der Waals surface area contributed by atoms with Gasteiger partial charge in [0, 0.05) is 17.8 Å². The molecule has 0 aliphatic carbocycles. The molecule has 0 saturated heterocycles. The first-order valence-corrected chi connectivity index (χ1v) is 8.12. The quantitative estimate of drug-likeness (QED) is 0.579. The molecular weight excluding hydrogens is 376 g/mol. The Morgan fingerprint density at radius 2 is 1.96 bits per heavy atom. The summed E-state index contributed by atoms with van der Waals surface area (Å²) in [5.74, 6) is -1.37. The molecule has 0 aliphatic rings. The summed E-state index contributed by atoms with van der Waals surface area (Å²) >= 11 is 5.75. The van der Waals surface area contributed by atoms with Gasteiger partial charge < -0.3 is 9.47 Å². The summed E-state index contributed by atoms with van der Waals surface area (Å²) in [6.45, 7) is 1.93. The predicted octanol–water partition coefficient (Wildman–Crippen LogP) is 4.96. The SMILES string of the molecule is Cc1cnc(Cl)nc1OCc1ccc(Oc2ccc(F)c(F)c2)c(C#N)c1. The van der Waals surface area contributed by atoms with Gasteiger partial charge in [0.1, 0.15) is 24.2 Å². The molecule has 0 saturated carbocycles. The maximum Gasteiger partial charge on any atom is 0.225 e. The Balaban J connectivity index is 1.76. The zero-order valence-electron chi connectivity index (χ0n) is 14.0. The summed E-state index contributed by atoms with van der Waals surface area (Å²) in [5.41, 5.74) is 1.63. The zero-order chi connectivity index (χ0) is 19.4. The molecule has 0 bridgehead atoms. The minimum Gasteiger partial charge on any atom is -0.472 e. The minimum atomic E-state index is -1.03. The Bertz CT molecular complexity index is 1040. The van der Waals surface area contributed by atoms with Crippen LogP contribution in [-0.4, -0.2) is 9.97 Å². The highest BCUT2D eigenvalue weighted by atomic mass is 35.5. The second-order valence-corrected chi connectivity index (χ2v) is 5.87. The van der Waals surface area contributed by atoms with Crippen molar-refractivity contribution in [3.63, 3.8) is 0 Å². The molecule has 2 aromatic carbocycles. The van der Waals surface area contributed by atoms with Crippen molar-refractivity contribution in [2.45, 2.75) is 13.5 Å². The van der Waals surface area contributed by atoms with E-state index in [-0.39, 0.29) is 29.0 Å². The van der Waals surface area contributed by atoms with Crippen molar-refractivity contribution in [2.24, 2.45) is 0 Å². The maximum atomic E-state index is 13.3. The van der Waals surface area contributed by atoms with Crippen LogP contribution < -0.4 is 9.47 Å². The topological polar surface area (TPSA) is 68.0 Å². The van der Waals surface area contributed by atoms with Gasteiger partial charge in [0.25, 0.3) is 0 Å². The molecule has 5 nitrogen and oxygen atoms in total. The number of hydrogen-bond acceptors (Lipinski definition) is 5. The molecule has 1 heterocycles. The molecule has 0 radical (unpaired) electrons. The number of ether oxygens (including phenoxy) is 2. The van der Waals surface area contributed by atoms with Crippen LogP contribution in [-0.2, 0) is 6.61 Å². The van der Waals surface area contributed by atoms with Gasteiger partial charge in [-0.2, -0.15) is 10.2 Å². The smallest absolute Gasteiger partial charge is 0.225 e. The third-order valence-corrected chi connectivity index (χ3v) is 3.74. The maximum absolute atomic E-state index is 13.3. The standard InChI is InChI=1S/C19H12ClF2N3O2/c1-11-9-24-19(20)25-18(11)26-10-12-2-5-17(13(6-12)8-23)27-14-3-4-15(21)16(22)7-14/h2-7,9H,10H2,1H3. The first-order valence-electron chi connectivity index (χ1n) is 7.74. The highest BCUT2D eigenvalue weighted by Gasteiger charge is 2.10. The van der Waals surface area contributed by atoms with Gasteiger partial charge in [-0.05, 0) is 48.4 Å². The van der Waals surface area contributed by atoms with E-state index in [1.807, 2.05) is 6.07 Å². The molecule has 1 aromatic heterocycles. The predicted molar refractivity (Wildman–Crippen MR) is 93.7 cm³/mol. The van der Waals surface area contributed by atoms with E-state index in [0.717, 1.165) is 17.7 Å². The van der Waals surface area contributed by atoms with Crippen LogP contribution in [0.5, 0.6) is 17.4 Å². The molecule has 0 amide bonds. The van der Waals surface area contributed by atoms with Crippen LogP contribution in [0.2, 0.25) is 5.28 Å². The van der Waals surface area contributed by atoms with Gasteiger partial charge in [0.15, 0.2) is 11.6 Å². The van der Waals surface area contributed by atoms with E-state index in [1.165, 1.54) is 6.07 Å². The second kappa shape index (κ2) is 7.98. The molecule has 0 fully saturated rings. The van der Waals surface area contributed by atoms with Crippen molar-refractivity contribution in [3.8, 4) is 23.4 Å².